The standard InChI is InChI=1S/C16H26N2/c1-12(2)13(3)10-17-11-14-5-6-16-15(9-14)7-8-18(16)4/h5-6,9,12-13,17H,7-8,10-11H2,1-4H3. The van der Waals surface area contributed by atoms with Gasteiger partial charge in [-0.3, -0.25) is 0 Å². The van der Waals surface area contributed by atoms with Crippen LogP contribution in [0.1, 0.15) is 31.9 Å². The Morgan fingerprint density at radius 1 is 1.28 bits per heavy atom. The molecule has 0 spiro atoms. The molecule has 1 atom stereocenters. The summed E-state index contributed by atoms with van der Waals surface area (Å²) in [4.78, 5) is 2.34. The number of hydrogen-bond donors (Lipinski definition) is 1. The monoisotopic (exact) mass is 246 g/mol. The van der Waals surface area contributed by atoms with Crippen LogP contribution in [-0.4, -0.2) is 20.1 Å². The predicted octanol–water partition coefficient (Wildman–Crippen LogP) is 3.06. The molecule has 0 bridgehead atoms. The summed E-state index contributed by atoms with van der Waals surface area (Å²) in [5.74, 6) is 1.50. The van der Waals surface area contributed by atoms with E-state index < -0.39 is 0 Å². The molecule has 0 saturated heterocycles. The zero-order chi connectivity index (χ0) is 13.1. The molecule has 0 saturated carbocycles. The van der Waals surface area contributed by atoms with E-state index in [4.69, 9.17) is 0 Å². The number of benzene rings is 1. The van der Waals surface area contributed by atoms with E-state index in [0.717, 1.165) is 31.5 Å². The summed E-state index contributed by atoms with van der Waals surface area (Å²) < 4.78 is 0. The van der Waals surface area contributed by atoms with E-state index in [-0.39, 0.29) is 0 Å². The van der Waals surface area contributed by atoms with Gasteiger partial charge in [-0.2, -0.15) is 0 Å². The van der Waals surface area contributed by atoms with Crippen LogP contribution in [0, 0.1) is 11.8 Å². The molecule has 2 heteroatoms. The summed E-state index contributed by atoms with van der Waals surface area (Å²) in [5.41, 5.74) is 4.34. The second-order valence-electron chi connectivity index (χ2n) is 5.99. The molecule has 0 amide bonds. The third-order valence-electron chi connectivity index (χ3n) is 4.21. The number of anilines is 1. The van der Waals surface area contributed by atoms with Crippen molar-refractivity contribution in [3.63, 3.8) is 0 Å². The number of fused-ring (bicyclic) bond motifs is 1. The quantitative estimate of drug-likeness (QED) is 0.859. The molecular formula is C16H26N2. The van der Waals surface area contributed by atoms with Gasteiger partial charge in [0.15, 0.2) is 0 Å². The van der Waals surface area contributed by atoms with Crippen molar-refractivity contribution >= 4 is 5.69 Å². The van der Waals surface area contributed by atoms with Crippen molar-refractivity contribution in [2.24, 2.45) is 11.8 Å². The highest BCUT2D eigenvalue weighted by atomic mass is 15.1. The molecule has 100 valence electrons. The van der Waals surface area contributed by atoms with E-state index in [1.165, 1.54) is 23.2 Å². The van der Waals surface area contributed by atoms with Gasteiger partial charge in [-0.25, -0.2) is 0 Å². The Labute approximate surface area is 111 Å². The lowest BCUT2D eigenvalue weighted by Crippen LogP contribution is -2.23. The Hall–Kier alpha value is -1.02. The van der Waals surface area contributed by atoms with Crippen molar-refractivity contribution in [3.8, 4) is 0 Å². The van der Waals surface area contributed by atoms with Crippen molar-refractivity contribution in [2.45, 2.75) is 33.7 Å². The van der Waals surface area contributed by atoms with Gasteiger partial charge in [-0.1, -0.05) is 32.9 Å². The molecule has 1 aliphatic rings. The van der Waals surface area contributed by atoms with Gasteiger partial charge < -0.3 is 10.2 Å². The Morgan fingerprint density at radius 3 is 2.78 bits per heavy atom. The van der Waals surface area contributed by atoms with E-state index in [1.807, 2.05) is 0 Å². The molecule has 18 heavy (non-hydrogen) atoms. The number of hydrogen-bond acceptors (Lipinski definition) is 2. The van der Waals surface area contributed by atoms with Crippen LogP contribution in [0.25, 0.3) is 0 Å². The Balaban J connectivity index is 1.88. The summed E-state index contributed by atoms with van der Waals surface area (Å²) in [5, 5.41) is 3.57. The first-order valence-corrected chi connectivity index (χ1v) is 7.11. The second-order valence-corrected chi connectivity index (χ2v) is 5.99. The molecule has 0 aliphatic carbocycles. The number of nitrogens with zero attached hydrogens (tertiary/aromatic N) is 1. The van der Waals surface area contributed by atoms with E-state index in [9.17, 15) is 0 Å². The minimum atomic E-state index is 0.741. The molecule has 0 aromatic heterocycles. The summed E-state index contributed by atoms with van der Waals surface area (Å²) >= 11 is 0. The van der Waals surface area contributed by atoms with Crippen molar-refractivity contribution in [1.82, 2.24) is 5.32 Å². The van der Waals surface area contributed by atoms with Crippen molar-refractivity contribution in [2.75, 3.05) is 25.0 Å². The minimum absolute atomic E-state index is 0.741. The first kappa shape index (κ1) is 13.4. The average Bonchev–Trinajstić information content (AvgIpc) is 2.70. The van der Waals surface area contributed by atoms with Crippen LogP contribution >= 0.6 is 0 Å². The number of nitrogens with one attached hydrogen (secondary N) is 1. The molecule has 1 aromatic rings. The highest BCUT2D eigenvalue weighted by Gasteiger charge is 2.15. The summed E-state index contributed by atoms with van der Waals surface area (Å²) in [6.45, 7) is 10.2. The molecular weight excluding hydrogens is 220 g/mol. The first-order chi connectivity index (χ1) is 8.58. The van der Waals surface area contributed by atoms with Gasteiger partial charge in [0.25, 0.3) is 0 Å². The van der Waals surface area contributed by atoms with Crippen LogP contribution in [-0.2, 0) is 13.0 Å². The molecule has 1 aromatic carbocycles. The van der Waals surface area contributed by atoms with Crippen LogP contribution in [0.5, 0.6) is 0 Å². The zero-order valence-electron chi connectivity index (χ0n) is 12.2. The van der Waals surface area contributed by atoms with Crippen molar-refractivity contribution in [1.29, 1.82) is 0 Å². The van der Waals surface area contributed by atoms with E-state index >= 15 is 0 Å². The van der Waals surface area contributed by atoms with E-state index in [1.54, 1.807) is 0 Å². The summed E-state index contributed by atoms with van der Waals surface area (Å²) in [7, 11) is 2.17. The third kappa shape index (κ3) is 3.05. The minimum Gasteiger partial charge on any atom is -0.374 e. The van der Waals surface area contributed by atoms with Gasteiger partial charge in [-0.15, -0.1) is 0 Å². The second kappa shape index (κ2) is 5.75. The molecule has 2 nitrogen and oxygen atoms in total. The largest absolute Gasteiger partial charge is 0.374 e. The first-order valence-electron chi connectivity index (χ1n) is 7.11. The maximum Gasteiger partial charge on any atom is 0.0397 e. The molecule has 1 heterocycles. The molecule has 2 rings (SSSR count). The molecule has 1 aliphatic heterocycles. The lowest BCUT2D eigenvalue weighted by Gasteiger charge is -2.16. The maximum absolute atomic E-state index is 3.57. The molecule has 1 unspecified atom stereocenters. The average molecular weight is 246 g/mol. The zero-order valence-corrected chi connectivity index (χ0v) is 12.2. The topological polar surface area (TPSA) is 15.3 Å². The SMILES string of the molecule is CC(C)C(C)CNCc1ccc2c(c1)CCN2C. The Bertz CT molecular complexity index is 398. The number of rotatable bonds is 5. The van der Waals surface area contributed by atoms with E-state index in [2.05, 4.69) is 56.2 Å². The summed E-state index contributed by atoms with van der Waals surface area (Å²) in [6, 6.07) is 6.89. The smallest absolute Gasteiger partial charge is 0.0397 e. The van der Waals surface area contributed by atoms with Crippen LogP contribution < -0.4 is 10.2 Å². The Morgan fingerprint density at radius 2 is 2.06 bits per heavy atom. The van der Waals surface area contributed by atoms with Crippen molar-refractivity contribution < 1.29 is 0 Å². The fourth-order valence-corrected chi connectivity index (χ4v) is 2.41. The van der Waals surface area contributed by atoms with Crippen LogP contribution in [0.3, 0.4) is 0 Å². The van der Waals surface area contributed by atoms with Gasteiger partial charge >= 0.3 is 0 Å². The lowest BCUT2D eigenvalue weighted by molar-refractivity contribution is 0.392. The van der Waals surface area contributed by atoms with Crippen LogP contribution in [0.2, 0.25) is 0 Å². The van der Waals surface area contributed by atoms with Gasteiger partial charge in [0, 0.05) is 25.8 Å². The molecule has 1 N–H and O–H groups in total. The maximum atomic E-state index is 3.57. The summed E-state index contributed by atoms with van der Waals surface area (Å²) in [6.07, 6.45) is 1.20. The van der Waals surface area contributed by atoms with Gasteiger partial charge in [0.05, 0.1) is 0 Å². The molecule has 0 fully saturated rings. The van der Waals surface area contributed by atoms with Gasteiger partial charge in [-0.05, 0) is 42.0 Å². The van der Waals surface area contributed by atoms with Gasteiger partial charge in [0.2, 0.25) is 0 Å². The van der Waals surface area contributed by atoms with E-state index in [0.29, 0.717) is 0 Å². The third-order valence-corrected chi connectivity index (χ3v) is 4.21. The van der Waals surface area contributed by atoms with Crippen molar-refractivity contribution in [3.05, 3.63) is 29.3 Å². The highest BCUT2D eigenvalue weighted by Crippen LogP contribution is 2.27. The van der Waals surface area contributed by atoms with Crippen LogP contribution in [0.15, 0.2) is 18.2 Å². The highest BCUT2D eigenvalue weighted by molar-refractivity contribution is 5.58. The fraction of sp³-hybridized carbons (Fsp3) is 0.625. The lowest BCUT2D eigenvalue weighted by atomic mass is 9.98. The normalized spacial score (nSPS) is 16.2. The van der Waals surface area contributed by atoms with Gasteiger partial charge in [0.1, 0.15) is 0 Å². The predicted molar refractivity (Wildman–Crippen MR) is 79.1 cm³/mol. The Kier molecular flexibility index (Phi) is 4.28. The molecule has 0 radical (unpaired) electrons. The fourth-order valence-electron chi connectivity index (χ4n) is 2.41. The van der Waals surface area contributed by atoms with Crippen LogP contribution in [0.4, 0.5) is 5.69 Å². The number of likely N-dealkylation sites (N-methyl/N-ethyl adjacent to an activating group) is 1.